The molecule has 4 rings (SSSR count). The molecule has 1 amide bonds. The number of nitrogens with zero attached hydrogens (tertiary/aromatic N) is 4. The second kappa shape index (κ2) is 7.26. The van der Waals surface area contributed by atoms with E-state index in [2.05, 4.69) is 9.97 Å². The molecule has 1 aliphatic heterocycles. The maximum atomic E-state index is 11.8. The molecule has 1 fully saturated rings. The number of nitro benzene ring substituents is 1. The van der Waals surface area contributed by atoms with Crippen LogP contribution in [0.2, 0.25) is 0 Å². The van der Waals surface area contributed by atoms with Gasteiger partial charge in [0.1, 0.15) is 9.71 Å². The van der Waals surface area contributed by atoms with Crippen LogP contribution in [-0.4, -0.2) is 45.1 Å². The summed E-state index contributed by atoms with van der Waals surface area (Å²) >= 11 is 1.07. The Bertz CT molecular complexity index is 1120. The molecule has 10 nitrogen and oxygen atoms in total. The number of thiophene rings is 1. The highest BCUT2D eigenvalue weighted by Gasteiger charge is 2.25. The van der Waals surface area contributed by atoms with Gasteiger partial charge in [0.05, 0.1) is 27.8 Å². The Balaban J connectivity index is 1.93. The molecule has 0 bridgehead atoms. The topological polar surface area (TPSA) is 162 Å². The first-order valence-corrected chi connectivity index (χ1v) is 9.74. The van der Waals surface area contributed by atoms with E-state index in [1.54, 1.807) is 12.1 Å². The Morgan fingerprint density at radius 2 is 2.03 bits per heavy atom. The fourth-order valence-electron chi connectivity index (χ4n) is 3.38. The highest BCUT2D eigenvalue weighted by Crippen LogP contribution is 2.40. The quantitative estimate of drug-likeness (QED) is 0.431. The van der Waals surface area contributed by atoms with E-state index >= 15 is 0 Å². The van der Waals surface area contributed by atoms with Crippen molar-refractivity contribution in [1.82, 2.24) is 9.97 Å². The maximum absolute atomic E-state index is 11.8. The number of benzene rings is 1. The van der Waals surface area contributed by atoms with Gasteiger partial charge in [-0.1, -0.05) is 12.1 Å². The second-order valence-corrected chi connectivity index (χ2v) is 7.79. The van der Waals surface area contributed by atoms with Gasteiger partial charge in [-0.3, -0.25) is 14.9 Å². The van der Waals surface area contributed by atoms with Crippen LogP contribution in [0, 0.1) is 10.1 Å². The minimum absolute atomic E-state index is 0.0826. The van der Waals surface area contributed by atoms with E-state index < -0.39 is 10.8 Å². The third-order valence-electron chi connectivity index (χ3n) is 4.88. The second-order valence-electron chi connectivity index (χ2n) is 6.79. The van der Waals surface area contributed by atoms with Crippen LogP contribution in [0.15, 0.2) is 24.3 Å². The summed E-state index contributed by atoms with van der Waals surface area (Å²) in [6, 6.07) is 6.06. The predicted octanol–water partition coefficient (Wildman–Crippen LogP) is 1.91. The first kappa shape index (κ1) is 19.0. The fourth-order valence-corrected chi connectivity index (χ4v) is 4.32. The summed E-state index contributed by atoms with van der Waals surface area (Å²) < 4.78 is 0. The van der Waals surface area contributed by atoms with Crippen molar-refractivity contribution in [3.8, 4) is 11.3 Å². The van der Waals surface area contributed by atoms with Gasteiger partial charge in [0.2, 0.25) is 5.95 Å². The van der Waals surface area contributed by atoms with Gasteiger partial charge < -0.3 is 21.5 Å². The van der Waals surface area contributed by atoms with Crippen molar-refractivity contribution in [3.05, 3.63) is 39.3 Å². The number of amides is 1. The number of hydrogen-bond donors (Lipinski definition) is 3. The molecule has 0 aliphatic carbocycles. The Labute approximate surface area is 168 Å². The first-order valence-electron chi connectivity index (χ1n) is 8.93. The van der Waals surface area contributed by atoms with Crippen LogP contribution in [0.25, 0.3) is 21.5 Å². The standard InChI is InChI=1S/C18H18N6O4S/c19-13-12-14(9-2-1-3-10(8-9)24(27)28)21-18(23-6-4-11(25)5-7-23)22-17(12)29-15(13)16(20)26/h1-3,8,11,25H,4-7,19H2,(H2,20,26). The zero-order valence-electron chi connectivity index (χ0n) is 15.2. The Kier molecular flexibility index (Phi) is 4.76. The molecule has 1 saturated heterocycles. The third kappa shape index (κ3) is 3.45. The smallest absolute Gasteiger partial charge is 0.270 e. The van der Waals surface area contributed by atoms with Gasteiger partial charge in [-0.15, -0.1) is 11.3 Å². The van der Waals surface area contributed by atoms with Gasteiger partial charge >= 0.3 is 0 Å². The summed E-state index contributed by atoms with van der Waals surface area (Å²) in [6.45, 7) is 1.15. The molecular formula is C18H18N6O4S. The Hall–Kier alpha value is -3.31. The van der Waals surface area contributed by atoms with Gasteiger partial charge in [-0.05, 0) is 12.8 Å². The monoisotopic (exact) mass is 414 g/mol. The van der Waals surface area contributed by atoms with Crippen LogP contribution >= 0.6 is 11.3 Å². The molecule has 0 saturated carbocycles. The fraction of sp³-hybridized carbons (Fsp3) is 0.278. The van der Waals surface area contributed by atoms with Gasteiger partial charge in [0.25, 0.3) is 11.6 Å². The van der Waals surface area contributed by atoms with Gasteiger partial charge in [-0.25, -0.2) is 9.97 Å². The van der Waals surface area contributed by atoms with E-state index in [1.807, 2.05) is 4.90 Å². The van der Waals surface area contributed by atoms with E-state index in [0.717, 1.165) is 11.3 Å². The number of non-ortho nitro benzene ring substituents is 1. The molecular weight excluding hydrogens is 396 g/mol. The number of aliphatic hydroxyl groups is 1. The summed E-state index contributed by atoms with van der Waals surface area (Å²) in [4.78, 5) is 34.3. The number of aromatic nitrogens is 2. The average molecular weight is 414 g/mol. The zero-order valence-corrected chi connectivity index (χ0v) is 16.1. The molecule has 0 radical (unpaired) electrons. The molecule has 2 aromatic heterocycles. The van der Waals surface area contributed by atoms with Crippen molar-refractivity contribution in [2.45, 2.75) is 18.9 Å². The van der Waals surface area contributed by atoms with Crippen molar-refractivity contribution in [2.75, 3.05) is 23.7 Å². The van der Waals surface area contributed by atoms with Gasteiger partial charge in [0, 0.05) is 30.8 Å². The number of fused-ring (bicyclic) bond motifs is 1. The number of aliphatic hydroxyl groups excluding tert-OH is 1. The molecule has 3 heterocycles. The Morgan fingerprint density at radius 1 is 1.31 bits per heavy atom. The number of anilines is 2. The van der Waals surface area contributed by atoms with Crippen molar-refractivity contribution in [1.29, 1.82) is 0 Å². The van der Waals surface area contributed by atoms with Crippen LogP contribution in [0.4, 0.5) is 17.3 Å². The van der Waals surface area contributed by atoms with Crippen LogP contribution in [-0.2, 0) is 0 Å². The molecule has 0 unspecified atom stereocenters. The SMILES string of the molecule is NC(=O)c1sc2nc(N3CCC(O)CC3)nc(-c3cccc([N+](=O)[O-])c3)c2c1N. The van der Waals surface area contributed by atoms with Crippen LogP contribution in [0.1, 0.15) is 22.5 Å². The molecule has 11 heteroatoms. The molecule has 150 valence electrons. The number of rotatable bonds is 4. The predicted molar refractivity (Wildman–Crippen MR) is 110 cm³/mol. The average Bonchev–Trinajstić information content (AvgIpc) is 3.05. The number of primary amides is 1. The van der Waals surface area contributed by atoms with E-state index in [-0.39, 0.29) is 22.4 Å². The summed E-state index contributed by atoms with van der Waals surface area (Å²) in [6.07, 6.45) is 0.823. The van der Waals surface area contributed by atoms with Crippen molar-refractivity contribution < 1.29 is 14.8 Å². The lowest BCUT2D eigenvalue weighted by Crippen LogP contribution is -2.36. The molecule has 1 aromatic carbocycles. The largest absolute Gasteiger partial charge is 0.397 e. The normalized spacial score (nSPS) is 15.0. The summed E-state index contributed by atoms with van der Waals surface area (Å²) in [5.74, 6) is -0.249. The molecule has 1 aliphatic rings. The van der Waals surface area contributed by atoms with Gasteiger partial charge in [0.15, 0.2) is 0 Å². The van der Waals surface area contributed by atoms with E-state index in [1.165, 1.54) is 12.1 Å². The number of nitro groups is 1. The summed E-state index contributed by atoms with van der Waals surface area (Å²) in [5.41, 5.74) is 12.6. The summed E-state index contributed by atoms with van der Waals surface area (Å²) in [5, 5.41) is 21.4. The molecule has 29 heavy (non-hydrogen) atoms. The minimum Gasteiger partial charge on any atom is -0.397 e. The number of hydrogen-bond acceptors (Lipinski definition) is 9. The van der Waals surface area contributed by atoms with Crippen molar-refractivity contribution in [2.24, 2.45) is 5.73 Å². The van der Waals surface area contributed by atoms with Crippen molar-refractivity contribution >= 4 is 44.8 Å². The number of nitrogens with two attached hydrogens (primary N) is 2. The molecule has 0 atom stereocenters. The highest BCUT2D eigenvalue weighted by molar-refractivity contribution is 7.21. The first-order chi connectivity index (χ1) is 13.8. The highest BCUT2D eigenvalue weighted by atomic mass is 32.1. The number of piperidine rings is 1. The van der Waals surface area contributed by atoms with Crippen LogP contribution in [0.3, 0.4) is 0 Å². The molecule has 5 N–H and O–H groups in total. The zero-order chi connectivity index (χ0) is 20.7. The van der Waals surface area contributed by atoms with Gasteiger partial charge in [-0.2, -0.15) is 0 Å². The lowest BCUT2D eigenvalue weighted by Gasteiger charge is -2.29. The van der Waals surface area contributed by atoms with E-state index in [0.29, 0.717) is 53.4 Å². The third-order valence-corrected chi connectivity index (χ3v) is 5.99. The summed E-state index contributed by atoms with van der Waals surface area (Å²) in [7, 11) is 0. The van der Waals surface area contributed by atoms with E-state index in [4.69, 9.17) is 11.5 Å². The lowest BCUT2D eigenvalue weighted by atomic mass is 10.1. The van der Waals surface area contributed by atoms with Crippen molar-refractivity contribution in [3.63, 3.8) is 0 Å². The Morgan fingerprint density at radius 3 is 2.69 bits per heavy atom. The lowest BCUT2D eigenvalue weighted by molar-refractivity contribution is -0.384. The van der Waals surface area contributed by atoms with E-state index in [9.17, 15) is 20.0 Å². The number of carbonyl (C=O) groups is 1. The molecule has 0 spiro atoms. The van der Waals surface area contributed by atoms with Crippen LogP contribution in [0.5, 0.6) is 0 Å². The maximum Gasteiger partial charge on any atom is 0.270 e. The number of carbonyl (C=O) groups excluding carboxylic acids is 1. The molecule has 3 aromatic rings. The number of nitrogen functional groups attached to an aromatic ring is 1. The minimum atomic E-state index is -0.668. The van der Waals surface area contributed by atoms with Crippen LogP contribution < -0.4 is 16.4 Å².